The first kappa shape index (κ1) is 14.1. The normalized spacial score (nSPS) is 10.5. The molecule has 3 rings (SSSR count). The van der Waals surface area contributed by atoms with Crippen LogP contribution in [0.3, 0.4) is 0 Å². The first-order valence-corrected chi connectivity index (χ1v) is 7.11. The van der Waals surface area contributed by atoms with E-state index in [1.807, 2.05) is 61.5 Å². The Kier molecular flexibility index (Phi) is 3.79. The molecule has 3 nitrogen and oxygen atoms in total. The standard InChI is InChI=1S/C19H17NO2/c1-13-3-5-14(6-4-13)16-11-18(20-19(21)12-16)15-7-9-17(22-2)10-8-15/h3-12H,1-2H3,(H,20,21). The molecule has 0 spiro atoms. The molecule has 1 heterocycles. The first-order valence-electron chi connectivity index (χ1n) is 7.11. The lowest BCUT2D eigenvalue weighted by atomic mass is 10.0. The predicted molar refractivity (Wildman–Crippen MR) is 89.2 cm³/mol. The summed E-state index contributed by atoms with van der Waals surface area (Å²) < 4.78 is 5.16. The molecule has 0 fully saturated rings. The van der Waals surface area contributed by atoms with Gasteiger partial charge in [-0.2, -0.15) is 0 Å². The molecule has 110 valence electrons. The average molecular weight is 291 g/mol. The van der Waals surface area contributed by atoms with Gasteiger partial charge in [-0.15, -0.1) is 0 Å². The van der Waals surface area contributed by atoms with Gasteiger partial charge in [-0.25, -0.2) is 0 Å². The molecule has 0 aliphatic heterocycles. The Morgan fingerprint density at radius 3 is 2.09 bits per heavy atom. The zero-order chi connectivity index (χ0) is 15.5. The van der Waals surface area contributed by atoms with Crippen LogP contribution in [-0.4, -0.2) is 12.1 Å². The van der Waals surface area contributed by atoms with Crippen LogP contribution in [0.1, 0.15) is 5.56 Å². The fourth-order valence-electron chi connectivity index (χ4n) is 2.38. The highest BCUT2D eigenvalue weighted by Gasteiger charge is 2.05. The Bertz CT molecular complexity index is 831. The van der Waals surface area contributed by atoms with Gasteiger partial charge in [0.25, 0.3) is 0 Å². The minimum Gasteiger partial charge on any atom is -0.497 e. The van der Waals surface area contributed by atoms with E-state index in [1.54, 1.807) is 13.2 Å². The summed E-state index contributed by atoms with van der Waals surface area (Å²) in [4.78, 5) is 14.9. The number of hydrogen-bond donors (Lipinski definition) is 1. The summed E-state index contributed by atoms with van der Waals surface area (Å²) >= 11 is 0. The molecule has 0 unspecified atom stereocenters. The van der Waals surface area contributed by atoms with Crippen LogP contribution in [0, 0.1) is 6.92 Å². The largest absolute Gasteiger partial charge is 0.497 e. The predicted octanol–water partition coefficient (Wildman–Crippen LogP) is 4.03. The maximum atomic E-state index is 12.0. The van der Waals surface area contributed by atoms with Gasteiger partial charge in [0, 0.05) is 11.8 Å². The van der Waals surface area contributed by atoms with E-state index in [2.05, 4.69) is 4.98 Å². The van der Waals surface area contributed by atoms with E-state index in [0.717, 1.165) is 28.1 Å². The highest BCUT2D eigenvalue weighted by Crippen LogP contribution is 2.25. The van der Waals surface area contributed by atoms with Crippen LogP contribution in [0.25, 0.3) is 22.4 Å². The van der Waals surface area contributed by atoms with Crippen LogP contribution in [0.4, 0.5) is 0 Å². The van der Waals surface area contributed by atoms with Gasteiger partial charge >= 0.3 is 0 Å². The Labute approximate surface area is 129 Å². The number of aromatic nitrogens is 1. The molecule has 0 saturated carbocycles. The molecule has 0 bridgehead atoms. The van der Waals surface area contributed by atoms with E-state index in [1.165, 1.54) is 5.56 Å². The van der Waals surface area contributed by atoms with Crippen molar-refractivity contribution in [2.24, 2.45) is 0 Å². The number of benzene rings is 2. The number of methoxy groups -OCH3 is 1. The van der Waals surface area contributed by atoms with Crippen molar-refractivity contribution < 1.29 is 4.74 Å². The number of aryl methyl sites for hydroxylation is 1. The summed E-state index contributed by atoms with van der Waals surface area (Å²) in [6.45, 7) is 2.05. The molecular weight excluding hydrogens is 274 g/mol. The maximum absolute atomic E-state index is 12.0. The van der Waals surface area contributed by atoms with E-state index in [4.69, 9.17) is 4.74 Å². The van der Waals surface area contributed by atoms with Crippen molar-refractivity contribution in [1.82, 2.24) is 4.98 Å². The molecule has 3 heteroatoms. The summed E-state index contributed by atoms with van der Waals surface area (Å²) in [7, 11) is 1.63. The van der Waals surface area contributed by atoms with Crippen LogP contribution >= 0.6 is 0 Å². The third kappa shape index (κ3) is 2.93. The second kappa shape index (κ2) is 5.90. The second-order valence-corrected chi connectivity index (χ2v) is 5.24. The van der Waals surface area contributed by atoms with Gasteiger partial charge < -0.3 is 9.72 Å². The molecule has 0 atom stereocenters. The van der Waals surface area contributed by atoms with Gasteiger partial charge in [-0.1, -0.05) is 29.8 Å². The van der Waals surface area contributed by atoms with Crippen molar-refractivity contribution in [2.75, 3.05) is 7.11 Å². The number of pyridine rings is 1. The Hall–Kier alpha value is -2.81. The number of ether oxygens (including phenoxy) is 1. The smallest absolute Gasteiger partial charge is 0.249 e. The Morgan fingerprint density at radius 1 is 0.818 bits per heavy atom. The van der Waals surface area contributed by atoms with Crippen molar-refractivity contribution in [3.8, 4) is 28.1 Å². The molecular formula is C19H17NO2. The monoisotopic (exact) mass is 291 g/mol. The van der Waals surface area contributed by atoms with Gasteiger partial charge in [-0.3, -0.25) is 4.79 Å². The molecule has 22 heavy (non-hydrogen) atoms. The number of rotatable bonds is 3. The van der Waals surface area contributed by atoms with Gasteiger partial charge in [0.05, 0.1) is 7.11 Å². The highest BCUT2D eigenvalue weighted by atomic mass is 16.5. The maximum Gasteiger partial charge on any atom is 0.249 e. The van der Waals surface area contributed by atoms with Gasteiger partial charge in [0.15, 0.2) is 0 Å². The zero-order valence-corrected chi connectivity index (χ0v) is 12.6. The van der Waals surface area contributed by atoms with Crippen molar-refractivity contribution in [1.29, 1.82) is 0 Å². The molecule has 0 amide bonds. The molecule has 0 aliphatic rings. The van der Waals surface area contributed by atoms with Crippen LogP contribution in [0.15, 0.2) is 65.5 Å². The fraction of sp³-hybridized carbons (Fsp3) is 0.105. The van der Waals surface area contributed by atoms with Gasteiger partial charge in [-0.05, 0) is 53.9 Å². The lowest BCUT2D eigenvalue weighted by molar-refractivity contribution is 0.415. The first-order chi connectivity index (χ1) is 10.7. The number of nitrogens with one attached hydrogen (secondary N) is 1. The summed E-state index contributed by atoms with van der Waals surface area (Å²) in [6.07, 6.45) is 0. The number of H-pyrrole nitrogens is 1. The fourth-order valence-corrected chi connectivity index (χ4v) is 2.38. The average Bonchev–Trinajstić information content (AvgIpc) is 2.55. The van der Waals surface area contributed by atoms with Crippen molar-refractivity contribution in [3.05, 3.63) is 76.6 Å². The third-order valence-electron chi connectivity index (χ3n) is 3.63. The molecule has 0 aliphatic carbocycles. The van der Waals surface area contributed by atoms with Crippen LogP contribution in [0.5, 0.6) is 5.75 Å². The summed E-state index contributed by atoms with van der Waals surface area (Å²) in [5.74, 6) is 0.792. The molecule has 2 aromatic carbocycles. The molecule has 0 saturated heterocycles. The quantitative estimate of drug-likeness (QED) is 0.791. The summed E-state index contributed by atoms with van der Waals surface area (Å²) in [5.41, 5.74) is 4.78. The number of aromatic amines is 1. The Balaban J connectivity index is 2.05. The van der Waals surface area contributed by atoms with Gasteiger partial charge in [0.2, 0.25) is 5.56 Å². The molecule has 3 aromatic rings. The van der Waals surface area contributed by atoms with E-state index in [9.17, 15) is 4.79 Å². The zero-order valence-electron chi connectivity index (χ0n) is 12.6. The van der Waals surface area contributed by atoms with Crippen molar-refractivity contribution in [3.63, 3.8) is 0 Å². The minimum atomic E-state index is -0.108. The molecule has 1 N–H and O–H groups in total. The molecule has 1 aromatic heterocycles. The number of hydrogen-bond acceptors (Lipinski definition) is 2. The van der Waals surface area contributed by atoms with E-state index in [-0.39, 0.29) is 5.56 Å². The topological polar surface area (TPSA) is 42.1 Å². The van der Waals surface area contributed by atoms with Crippen LogP contribution < -0.4 is 10.3 Å². The highest BCUT2D eigenvalue weighted by molar-refractivity contribution is 5.70. The lowest BCUT2D eigenvalue weighted by Crippen LogP contribution is -2.05. The Morgan fingerprint density at radius 2 is 1.45 bits per heavy atom. The van der Waals surface area contributed by atoms with E-state index < -0.39 is 0 Å². The lowest BCUT2D eigenvalue weighted by Gasteiger charge is -2.07. The third-order valence-corrected chi connectivity index (χ3v) is 3.63. The summed E-state index contributed by atoms with van der Waals surface area (Å²) in [5, 5.41) is 0. The van der Waals surface area contributed by atoms with Crippen LogP contribution in [-0.2, 0) is 0 Å². The van der Waals surface area contributed by atoms with E-state index >= 15 is 0 Å². The van der Waals surface area contributed by atoms with E-state index in [0.29, 0.717) is 0 Å². The molecule has 0 radical (unpaired) electrons. The van der Waals surface area contributed by atoms with Crippen molar-refractivity contribution >= 4 is 0 Å². The second-order valence-electron chi connectivity index (χ2n) is 5.24. The van der Waals surface area contributed by atoms with Crippen LogP contribution in [0.2, 0.25) is 0 Å². The minimum absolute atomic E-state index is 0.108. The summed E-state index contributed by atoms with van der Waals surface area (Å²) in [6, 6.07) is 19.4. The van der Waals surface area contributed by atoms with Crippen molar-refractivity contribution in [2.45, 2.75) is 6.92 Å². The van der Waals surface area contributed by atoms with Gasteiger partial charge in [0.1, 0.15) is 5.75 Å². The SMILES string of the molecule is COc1ccc(-c2cc(-c3ccc(C)cc3)cc(=O)[nH]2)cc1.